The minimum atomic E-state index is -1.26. The van der Waals surface area contributed by atoms with Crippen molar-refractivity contribution >= 4 is 17.5 Å². The van der Waals surface area contributed by atoms with E-state index in [0.717, 1.165) is 38.5 Å². The van der Waals surface area contributed by atoms with Crippen LogP contribution >= 0.6 is 0 Å². The van der Waals surface area contributed by atoms with Gasteiger partial charge >= 0.3 is 5.97 Å². The van der Waals surface area contributed by atoms with Crippen molar-refractivity contribution in [3.05, 3.63) is 12.2 Å². The topological polar surface area (TPSA) is 101 Å². The van der Waals surface area contributed by atoms with Crippen molar-refractivity contribution in [3.63, 3.8) is 0 Å². The van der Waals surface area contributed by atoms with Crippen molar-refractivity contribution < 1.29 is 29.3 Å². The molecule has 5 fully saturated rings. The smallest absolute Gasteiger partial charge is 0.302 e. The number of aliphatic hydroxyl groups excluding tert-OH is 2. The first-order valence-corrected chi connectivity index (χ1v) is 14.9. The van der Waals surface area contributed by atoms with Crippen molar-refractivity contribution in [1.29, 1.82) is 0 Å². The molecule has 0 aromatic rings. The summed E-state index contributed by atoms with van der Waals surface area (Å²) in [5.74, 6) is -0.176. The molecule has 2 spiro atoms. The minimum Gasteiger partial charge on any atom is -0.462 e. The summed E-state index contributed by atoms with van der Waals surface area (Å²) in [5.41, 5.74) is 0.477. The molecule has 2 N–H and O–H groups in total. The van der Waals surface area contributed by atoms with Crippen molar-refractivity contribution in [2.75, 3.05) is 6.61 Å². The molecule has 6 nitrogen and oxygen atoms in total. The Morgan fingerprint density at radius 3 is 2.42 bits per heavy atom. The van der Waals surface area contributed by atoms with Crippen LogP contribution in [0.25, 0.3) is 0 Å². The highest BCUT2D eigenvalue weighted by Gasteiger charge is 2.82. The fourth-order valence-corrected chi connectivity index (χ4v) is 11.1. The highest BCUT2D eigenvalue weighted by molar-refractivity contribution is 5.98. The van der Waals surface area contributed by atoms with E-state index in [4.69, 9.17) is 4.74 Å². The van der Waals surface area contributed by atoms with Crippen LogP contribution in [-0.2, 0) is 19.1 Å². The van der Waals surface area contributed by atoms with E-state index in [-0.39, 0.29) is 57.7 Å². The number of hydrogen-bond donors (Lipinski definition) is 2. The Kier molecular flexibility index (Phi) is 6.63. The van der Waals surface area contributed by atoms with Crippen LogP contribution in [0.5, 0.6) is 0 Å². The Morgan fingerprint density at radius 2 is 1.79 bits per heavy atom. The van der Waals surface area contributed by atoms with Gasteiger partial charge in [0, 0.05) is 37.7 Å². The van der Waals surface area contributed by atoms with Gasteiger partial charge in [-0.2, -0.15) is 0 Å². The Hall–Kier alpha value is -1.53. The van der Waals surface area contributed by atoms with Crippen molar-refractivity contribution in [2.24, 2.45) is 57.2 Å². The molecule has 12 atom stereocenters. The van der Waals surface area contributed by atoms with Gasteiger partial charge < -0.3 is 14.9 Å². The van der Waals surface area contributed by atoms with Gasteiger partial charge in [0.25, 0.3) is 0 Å². The molecule has 5 aliphatic carbocycles. The van der Waals surface area contributed by atoms with Gasteiger partial charge in [0.05, 0.1) is 0 Å². The zero-order valence-electron chi connectivity index (χ0n) is 24.2. The van der Waals surface area contributed by atoms with Gasteiger partial charge in [-0.15, -0.1) is 0 Å². The van der Waals surface area contributed by atoms with Crippen molar-refractivity contribution in [3.8, 4) is 0 Å². The minimum absolute atomic E-state index is 0.0956. The van der Waals surface area contributed by atoms with Gasteiger partial charge in [-0.25, -0.2) is 0 Å². The third-order valence-corrected chi connectivity index (χ3v) is 13.3. The molecule has 0 radical (unpaired) electrons. The number of ketones is 2. The molecule has 38 heavy (non-hydrogen) atoms. The van der Waals surface area contributed by atoms with E-state index in [9.17, 15) is 24.6 Å². The Bertz CT molecular complexity index is 1050. The summed E-state index contributed by atoms with van der Waals surface area (Å²) in [5, 5.41) is 20.9. The van der Waals surface area contributed by atoms with Crippen LogP contribution in [0.4, 0.5) is 0 Å². The molecular weight excluding hydrogens is 480 g/mol. The van der Waals surface area contributed by atoms with Crippen molar-refractivity contribution in [1.82, 2.24) is 0 Å². The normalized spacial score (nSPS) is 47.5. The molecular formula is C32H48O6. The molecule has 0 aliphatic heterocycles. The Balaban J connectivity index is 1.49. The number of carbonyl (C=O) groups is 3. The lowest BCUT2D eigenvalue weighted by Gasteiger charge is -2.61. The molecule has 0 amide bonds. The maximum atomic E-state index is 13.2. The van der Waals surface area contributed by atoms with Gasteiger partial charge in [-0.05, 0) is 89.9 Å². The number of hydrogen-bond acceptors (Lipinski definition) is 6. The number of esters is 1. The third kappa shape index (κ3) is 3.47. The van der Waals surface area contributed by atoms with E-state index in [1.807, 2.05) is 6.92 Å². The van der Waals surface area contributed by atoms with Crippen molar-refractivity contribution in [2.45, 2.75) is 105 Å². The quantitative estimate of drug-likeness (QED) is 0.360. The highest BCUT2D eigenvalue weighted by atomic mass is 16.5. The summed E-state index contributed by atoms with van der Waals surface area (Å²) in [7, 11) is 0. The van der Waals surface area contributed by atoms with Gasteiger partial charge in [0.2, 0.25) is 0 Å². The predicted octanol–water partition coefficient (Wildman–Crippen LogP) is 4.90. The predicted molar refractivity (Wildman–Crippen MR) is 144 cm³/mol. The monoisotopic (exact) mass is 528 g/mol. The lowest BCUT2D eigenvalue weighted by molar-refractivity contribution is -0.157. The second-order valence-electron chi connectivity index (χ2n) is 14.5. The summed E-state index contributed by atoms with van der Waals surface area (Å²) in [6.07, 6.45) is 6.33. The fourth-order valence-electron chi connectivity index (χ4n) is 11.1. The molecule has 0 heterocycles. The maximum absolute atomic E-state index is 13.2. The van der Waals surface area contributed by atoms with E-state index in [0.29, 0.717) is 24.0 Å². The molecule has 5 rings (SSSR count). The Morgan fingerprint density at radius 1 is 1.11 bits per heavy atom. The van der Waals surface area contributed by atoms with Crippen LogP contribution in [-0.4, -0.2) is 46.6 Å². The zero-order chi connectivity index (χ0) is 28.0. The molecule has 0 bridgehead atoms. The fraction of sp³-hybridized carbons (Fsp3) is 0.844. The number of fused-ring (bicyclic) bond motifs is 2. The summed E-state index contributed by atoms with van der Waals surface area (Å²) >= 11 is 0. The molecule has 0 unspecified atom stereocenters. The van der Waals surface area contributed by atoms with Crippen LogP contribution in [0.3, 0.4) is 0 Å². The largest absolute Gasteiger partial charge is 0.462 e. The molecule has 6 heteroatoms. The molecule has 0 aromatic carbocycles. The average molecular weight is 529 g/mol. The maximum Gasteiger partial charge on any atom is 0.302 e. The van der Waals surface area contributed by atoms with Gasteiger partial charge in [-0.1, -0.05) is 41.2 Å². The summed E-state index contributed by atoms with van der Waals surface area (Å²) in [6, 6.07) is 0. The third-order valence-electron chi connectivity index (χ3n) is 13.3. The summed E-state index contributed by atoms with van der Waals surface area (Å²) in [4.78, 5) is 38.2. The number of carbonyl (C=O) groups excluding carboxylic acids is 3. The molecule has 5 aliphatic rings. The second-order valence-corrected chi connectivity index (χ2v) is 14.5. The number of Topliss-reactive ketones (excluding diaryl/α,β-unsaturated/α-hetero) is 2. The van der Waals surface area contributed by atoms with Crippen LogP contribution in [0.1, 0.15) is 92.9 Å². The van der Waals surface area contributed by atoms with Gasteiger partial charge in [0.1, 0.15) is 18.0 Å². The SMILES string of the molecule is C=C(C(=O)[C@H](O)[C@@H](C)[C@H]1[C@@H](OC(C)=O)C[C@@]2(C)[C@@H]3CC[C@H]4[C@H](C)C(=O)CC[C@@]45C[C@@]35CC[C@]12C)[C@@H](C)CO. The molecule has 5 saturated carbocycles. The first-order chi connectivity index (χ1) is 17.7. The molecule has 0 aromatic heterocycles. The van der Waals surface area contributed by atoms with E-state index in [2.05, 4.69) is 27.4 Å². The molecule has 0 saturated heterocycles. The standard InChI is InChI=1S/C32H48O6/c1-17(15-33)18(2)27(36)28(37)20(4)26-24(38-21(5)34)14-30(7)25-9-8-22-19(3)23(35)10-11-31(22)16-32(25,31)13-12-29(26,30)6/h17,19-20,22,24-26,28,33,37H,2,8-16H2,1,3-7H3/t17-,19-,20-,22-,24-,25-,26-,28+,29+,30-,31+,32-/m0/s1. The molecule has 212 valence electrons. The average Bonchev–Trinajstić information content (AvgIpc) is 3.48. The summed E-state index contributed by atoms with van der Waals surface area (Å²) < 4.78 is 6.02. The lowest BCUT2D eigenvalue weighted by atomic mass is 9.43. The van der Waals surface area contributed by atoms with Crippen LogP contribution in [0.2, 0.25) is 0 Å². The Labute approximate surface area is 228 Å². The first kappa shape index (κ1) is 28.0. The lowest BCUT2D eigenvalue weighted by Crippen LogP contribution is -2.56. The van der Waals surface area contributed by atoms with Crippen LogP contribution in [0.15, 0.2) is 12.2 Å². The first-order valence-electron chi connectivity index (χ1n) is 14.9. The van der Waals surface area contributed by atoms with Crippen LogP contribution < -0.4 is 0 Å². The van der Waals surface area contributed by atoms with E-state index >= 15 is 0 Å². The summed E-state index contributed by atoms with van der Waals surface area (Å²) in [6.45, 7) is 15.7. The highest BCUT2D eigenvalue weighted by Crippen LogP contribution is 2.88. The zero-order valence-corrected chi connectivity index (χ0v) is 24.2. The second kappa shape index (κ2) is 8.99. The van der Waals surface area contributed by atoms with Gasteiger partial charge in [-0.3, -0.25) is 14.4 Å². The van der Waals surface area contributed by atoms with Gasteiger partial charge in [0.15, 0.2) is 5.78 Å². The van der Waals surface area contributed by atoms with E-state index in [1.54, 1.807) is 6.92 Å². The number of aliphatic hydroxyl groups is 2. The van der Waals surface area contributed by atoms with E-state index in [1.165, 1.54) is 13.3 Å². The van der Waals surface area contributed by atoms with Crippen LogP contribution in [0, 0.1) is 57.2 Å². The number of rotatable bonds is 7. The van der Waals surface area contributed by atoms with E-state index < -0.39 is 23.7 Å². The number of ether oxygens (including phenoxy) is 1.